The lowest BCUT2D eigenvalue weighted by molar-refractivity contribution is -0.115. The van der Waals surface area contributed by atoms with Gasteiger partial charge < -0.3 is 20.7 Å². The highest BCUT2D eigenvalue weighted by Gasteiger charge is 2.16. The minimum absolute atomic E-state index is 0.313. The molecule has 9 heteroatoms. The molecule has 0 heterocycles. The first-order valence-electron chi connectivity index (χ1n) is 9.04. The standard InChI is InChI=1S/C18H24F3N3O3/c19-13-7-8-14(17(21)16(13)20)24-15(25)11-23-18(26)22-9-4-10-27-12-5-2-1-3-6-12/h7-8,12H,1-6,9-11H2,(H,24,25)(H2,22,23,26). The SMILES string of the molecule is O=C(CNC(=O)NCCCOC1CCCCC1)Nc1ccc(F)c(F)c1F. The van der Waals surface area contributed by atoms with Crippen molar-refractivity contribution < 1.29 is 27.5 Å². The number of carbonyl (C=O) groups is 2. The molecule has 3 amide bonds. The molecule has 1 aliphatic carbocycles. The van der Waals surface area contributed by atoms with E-state index in [1.165, 1.54) is 19.3 Å². The molecule has 0 bridgehead atoms. The van der Waals surface area contributed by atoms with Gasteiger partial charge in [0.05, 0.1) is 18.3 Å². The van der Waals surface area contributed by atoms with Gasteiger partial charge in [0.15, 0.2) is 17.5 Å². The fourth-order valence-corrected chi connectivity index (χ4v) is 2.80. The predicted octanol–water partition coefficient (Wildman–Crippen LogP) is 3.08. The van der Waals surface area contributed by atoms with Crippen molar-refractivity contribution in [1.29, 1.82) is 0 Å². The number of nitrogens with one attached hydrogen (secondary N) is 3. The average Bonchev–Trinajstić information content (AvgIpc) is 2.67. The monoisotopic (exact) mass is 387 g/mol. The average molecular weight is 387 g/mol. The zero-order valence-electron chi connectivity index (χ0n) is 15.0. The quantitative estimate of drug-likeness (QED) is 0.474. The molecule has 0 saturated heterocycles. The van der Waals surface area contributed by atoms with Crippen LogP contribution in [0.2, 0.25) is 0 Å². The largest absolute Gasteiger partial charge is 0.378 e. The van der Waals surface area contributed by atoms with Crippen LogP contribution < -0.4 is 16.0 Å². The van der Waals surface area contributed by atoms with Gasteiger partial charge in [0.25, 0.3) is 0 Å². The normalized spacial score (nSPS) is 14.6. The summed E-state index contributed by atoms with van der Waals surface area (Å²) >= 11 is 0. The van der Waals surface area contributed by atoms with E-state index in [1.54, 1.807) is 0 Å². The topological polar surface area (TPSA) is 79.5 Å². The molecule has 1 aromatic carbocycles. The molecule has 0 atom stereocenters. The number of benzene rings is 1. The Morgan fingerprint density at radius 1 is 1.04 bits per heavy atom. The maximum Gasteiger partial charge on any atom is 0.315 e. The van der Waals surface area contributed by atoms with E-state index in [1.807, 2.05) is 0 Å². The molecule has 27 heavy (non-hydrogen) atoms. The van der Waals surface area contributed by atoms with Crippen LogP contribution in [0.1, 0.15) is 38.5 Å². The number of ether oxygens (including phenoxy) is 1. The number of carbonyl (C=O) groups excluding carboxylic acids is 2. The van der Waals surface area contributed by atoms with Gasteiger partial charge in [-0.1, -0.05) is 19.3 Å². The molecule has 3 N–H and O–H groups in total. The smallest absolute Gasteiger partial charge is 0.315 e. The van der Waals surface area contributed by atoms with Gasteiger partial charge in [-0.15, -0.1) is 0 Å². The van der Waals surface area contributed by atoms with Crippen molar-refractivity contribution in [2.45, 2.75) is 44.6 Å². The summed E-state index contributed by atoms with van der Waals surface area (Å²) in [6.45, 7) is 0.502. The second-order valence-corrected chi connectivity index (χ2v) is 6.36. The van der Waals surface area contributed by atoms with Gasteiger partial charge in [0.2, 0.25) is 5.91 Å². The Kier molecular flexibility index (Phi) is 8.38. The maximum atomic E-state index is 13.5. The van der Waals surface area contributed by atoms with Crippen molar-refractivity contribution in [3.63, 3.8) is 0 Å². The Morgan fingerprint density at radius 2 is 1.78 bits per heavy atom. The van der Waals surface area contributed by atoms with Crippen molar-refractivity contribution >= 4 is 17.6 Å². The third-order valence-corrected chi connectivity index (χ3v) is 4.23. The molecule has 2 rings (SSSR count). The Bertz CT molecular complexity index is 652. The minimum Gasteiger partial charge on any atom is -0.378 e. The first-order valence-corrected chi connectivity index (χ1v) is 9.04. The van der Waals surface area contributed by atoms with E-state index in [-0.39, 0.29) is 0 Å². The highest BCUT2D eigenvalue weighted by molar-refractivity contribution is 5.94. The number of halogens is 3. The van der Waals surface area contributed by atoms with Crippen LogP contribution in [0.15, 0.2) is 12.1 Å². The summed E-state index contributed by atoms with van der Waals surface area (Å²) in [7, 11) is 0. The molecule has 0 radical (unpaired) electrons. The van der Waals surface area contributed by atoms with Crippen LogP contribution in [0, 0.1) is 17.5 Å². The van der Waals surface area contributed by atoms with Gasteiger partial charge in [-0.3, -0.25) is 4.79 Å². The first-order chi connectivity index (χ1) is 13.0. The Balaban J connectivity index is 1.58. The molecular weight excluding hydrogens is 363 g/mol. The lowest BCUT2D eigenvalue weighted by atomic mass is 9.98. The van der Waals surface area contributed by atoms with E-state index >= 15 is 0 Å². The zero-order valence-corrected chi connectivity index (χ0v) is 15.0. The second kappa shape index (κ2) is 10.8. The van der Waals surface area contributed by atoms with Crippen molar-refractivity contribution in [2.24, 2.45) is 0 Å². The van der Waals surface area contributed by atoms with Gasteiger partial charge >= 0.3 is 6.03 Å². The Morgan fingerprint density at radius 3 is 2.52 bits per heavy atom. The Hall–Kier alpha value is -2.29. The number of anilines is 1. The van der Waals surface area contributed by atoms with Gasteiger partial charge in [-0.05, 0) is 31.4 Å². The summed E-state index contributed by atoms with van der Waals surface area (Å²) < 4.78 is 45.1. The molecule has 1 fully saturated rings. The van der Waals surface area contributed by atoms with Crippen molar-refractivity contribution in [2.75, 3.05) is 25.0 Å². The zero-order chi connectivity index (χ0) is 19.6. The van der Waals surface area contributed by atoms with Crippen LogP contribution in [0.3, 0.4) is 0 Å². The molecule has 150 valence electrons. The highest BCUT2D eigenvalue weighted by atomic mass is 19.2. The summed E-state index contributed by atoms with van der Waals surface area (Å²) in [6, 6.07) is 1.04. The molecule has 0 aliphatic heterocycles. The highest BCUT2D eigenvalue weighted by Crippen LogP contribution is 2.20. The van der Waals surface area contributed by atoms with Crippen LogP contribution >= 0.6 is 0 Å². The lowest BCUT2D eigenvalue weighted by Gasteiger charge is -2.21. The number of hydrogen-bond acceptors (Lipinski definition) is 3. The van der Waals surface area contributed by atoms with E-state index in [0.29, 0.717) is 31.7 Å². The van der Waals surface area contributed by atoms with Gasteiger partial charge in [0.1, 0.15) is 0 Å². The summed E-state index contributed by atoms with van der Waals surface area (Å²) in [4.78, 5) is 23.3. The van der Waals surface area contributed by atoms with Gasteiger partial charge in [-0.25, -0.2) is 18.0 Å². The molecule has 1 aliphatic rings. The first kappa shape index (κ1) is 21.0. The summed E-state index contributed by atoms with van der Waals surface area (Å²) in [5.74, 6) is -5.29. The molecule has 0 unspecified atom stereocenters. The number of urea groups is 1. The molecular formula is C18H24F3N3O3. The molecule has 1 aromatic rings. The molecule has 0 spiro atoms. The third kappa shape index (κ3) is 7.09. The van der Waals surface area contributed by atoms with Crippen molar-refractivity contribution in [3.05, 3.63) is 29.6 Å². The third-order valence-electron chi connectivity index (χ3n) is 4.23. The fraction of sp³-hybridized carbons (Fsp3) is 0.556. The summed E-state index contributed by atoms with van der Waals surface area (Å²) in [5, 5.41) is 6.93. The number of amides is 3. The number of rotatable bonds is 8. The number of hydrogen-bond donors (Lipinski definition) is 3. The molecule has 6 nitrogen and oxygen atoms in total. The lowest BCUT2D eigenvalue weighted by Crippen LogP contribution is -2.40. The maximum absolute atomic E-state index is 13.5. The van der Waals surface area contributed by atoms with E-state index in [0.717, 1.165) is 18.9 Å². The van der Waals surface area contributed by atoms with Crippen LogP contribution in [0.5, 0.6) is 0 Å². The van der Waals surface area contributed by atoms with E-state index < -0.39 is 41.6 Å². The Labute approximate surface area is 155 Å². The predicted molar refractivity (Wildman–Crippen MR) is 93.8 cm³/mol. The van der Waals surface area contributed by atoms with Crippen LogP contribution in [0.25, 0.3) is 0 Å². The fourth-order valence-electron chi connectivity index (χ4n) is 2.80. The molecule has 1 saturated carbocycles. The molecule has 0 aromatic heterocycles. The minimum atomic E-state index is -1.67. The van der Waals surface area contributed by atoms with E-state index in [2.05, 4.69) is 16.0 Å². The van der Waals surface area contributed by atoms with Crippen molar-refractivity contribution in [3.8, 4) is 0 Å². The van der Waals surface area contributed by atoms with Gasteiger partial charge in [0, 0.05) is 13.2 Å². The summed E-state index contributed by atoms with van der Waals surface area (Å²) in [6.07, 6.45) is 6.79. The van der Waals surface area contributed by atoms with Gasteiger partial charge in [-0.2, -0.15) is 0 Å². The summed E-state index contributed by atoms with van der Waals surface area (Å²) in [5.41, 5.74) is -0.499. The van der Waals surface area contributed by atoms with Crippen LogP contribution in [-0.4, -0.2) is 37.7 Å². The van der Waals surface area contributed by atoms with Crippen LogP contribution in [-0.2, 0) is 9.53 Å². The van der Waals surface area contributed by atoms with E-state index in [9.17, 15) is 22.8 Å². The van der Waals surface area contributed by atoms with Crippen LogP contribution in [0.4, 0.5) is 23.7 Å². The van der Waals surface area contributed by atoms with E-state index in [4.69, 9.17) is 4.74 Å². The second-order valence-electron chi connectivity index (χ2n) is 6.36. The van der Waals surface area contributed by atoms with Crippen molar-refractivity contribution in [1.82, 2.24) is 10.6 Å².